The zero-order chi connectivity index (χ0) is 9.38. The fourth-order valence-electron chi connectivity index (χ4n) is 2.11. The molecule has 3 aliphatic rings. The van der Waals surface area contributed by atoms with E-state index in [9.17, 15) is 0 Å². The van der Waals surface area contributed by atoms with Gasteiger partial charge >= 0.3 is 0 Å². The van der Waals surface area contributed by atoms with Gasteiger partial charge in [-0.3, -0.25) is 4.84 Å². The van der Waals surface area contributed by atoms with Gasteiger partial charge in [0.05, 0.1) is 11.7 Å². The van der Waals surface area contributed by atoms with Crippen LogP contribution in [-0.4, -0.2) is 12.1 Å². The van der Waals surface area contributed by atoms with Crippen LogP contribution in [0, 0.1) is 0 Å². The Morgan fingerprint density at radius 3 is 2.50 bits per heavy atom. The highest BCUT2D eigenvalue weighted by Crippen LogP contribution is 2.31. The van der Waals surface area contributed by atoms with Gasteiger partial charge < -0.3 is 0 Å². The Kier molecular flexibility index (Phi) is 1.81. The van der Waals surface area contributed by atoms with Crippen LogP contribution in [0.1, 0.15) is 12.8 Å². The van der Waals surface area contributed by atoms with Gasteiger partial charge in [-0.25, -0.2) is 5.06 Å². The molecule has 72 valence electrons. The smallest absolute Gasteiger partial charge is 0.104 e. The third-order valence-electron chi connectivity index (χ3n) is 2.86. The minimum atomic E-state index is 0.292. The molecule has 1 fully saturated rings. The second-order valence-corrected chi connectivity index (χ2v) is 3.83. The summed E-state index contributed by atoms with van der Waals surface area (Å²) >= 11 is 0. The molecule has 0 aromatic heterocycles. The van der Waals surface area contributed by atoms with Crippen molar-refractivity contribution in [1.82, 2.24) is 0 Å². The molecule has 2 atom stereocenters. The Balaban J connectivity index is 1.91. The highest BCUT2D eigenvalue weighted by molar-refractivity contribution is 5.46. The average Bonchev–Trinajstić information content (AvgIpc) is 2.32. The monoisotopic (exact) mass is 187 g/mol. The minimum Gasteiger partial charge on any atom is -0.265 e. The van der Waals surface area contributed by atoms with Crippen LogP contribution in [0.5, 0.6) is 0 Å². The first-order chi connectivity index (χ1) is 6.93. The minimum absolute atomic E-state index is 0.292. The van der Waals surface area contributed by atoms with E-state index in [1.807, 2.05) is 23.3 Å². The molecule has 1 saturated heterocycles. The maximum absolute atomic E-state index is 5.82. The molecule has 0 saturated carbocycles. The molecule has 2 heteroatoms. The first-order valence-electron chi connectivity index (χ1n) is 5.13. The molecule has 2 aliphatic heterocycles. The van der Waals surface area contributed by atoms with E-state index in [0.717, 1.165) is 12.1 Å². The van der Waals surface area contributed by atoms with Crippen molar-refractivity contribution in [2.45, 2.75) is 25.0 Å². The predicted octanol–water partition coefficient (Wildman–Crippen LogP) is 2.53. The second kappa shape index (κ2) is 3.14. The van der Waals surface area contributed by atoms with Gasteiger partial charge in [-0.15, -0.1) is 0 Å². The first-order valence-corrected chi connectivity index (χ1v) is 5.13. The molecule has 0 spiro atoms. The first kappa shape index (κ1) is 8.06. The van der Waals surface area contributed by atoms with Gasteiger partial charge in [0.25, 0.3) is 0 Å². The molecule has 4 rings (SSSR count). The molecule has 0 amide bonds. The van der Waals surface area contributed by atoms with Crippen LogP contribution < -0.4 is 5.06 Å². The summed E-state index contributed by atoms with van der Waals surface area (Å²) < 4.78 is 0. The number of hydrogen-bond donors (Lipinski definition) is 0. The third-order valence-corrected chi connectivity index (χ3v) is 2.86. The molecule has 2 heterocycles. The number of hydroxylamine groups is 1. The zero-order valence-corrected chi connectivity index (χ0v) is 7.97. The lowest BCUT2D eigenvalue weighted by Gasteiger charge is -2.41. The van der Waals surface area contributed by atoms with Crippen molar-refractivity contribution in [3.8, 4) is 0 Å². The average molecular weight is 187 g/mol. The topological polar surface area (TPSA) is 12.5 Å². The van der Waals surface area contributed by atoms with Crippen molar-refractivity contribution in [2.75, 3.05) is 5.06 Å². The van der Waals surface area contributed by atoms with Crippen LogP contribution in [0.15, 0.2) is 42.5 Å². The van der Waals surface area contributed by atoms with E-state index in [1.165, 1.54) is 6.42 Å². The number of benzene rings is 1. The summed E-state index contributed by atoms with van der Waals surface area (Å²) in [5.74, 6) is 0. The summed E-state index contributed by atoms with van der Waals surface area (Å²) in [6.07, 6.45) is 7.08. The number of fused-ring (bicyclic) bond motifs is 2. The van der Waals surface area contributed by atoms with Crippen LogP contribution in [0.25, 0.3) is 0 Å². The number of hydrogen-bond acceptors (Lipinski definition) is 2. The SMILES string of the molecule is C1=C[C@H]2CC[C@@H]1N(c1ccccc1)O2. The third kappa shape index (κ3) is 1.23. The molecule has 0 unspecified atom stereocenters. The number of rotatable bonds is 1. The maximum Gasteiger partial charge on any atom is 0.104 e. The zero-order valence-electron chi connectivity index (χ0n) is 7.97. The highest BCUT2D eigenvalue weighted by Gasteiger charge is 2.30. The number of para-hydroxylation sites is 1. The molecular weight excluding hydrogens is 174 g/mol. The van der Waals surface area contributed by atoms with Crippen LogP contribution in [-0.2, 0) is 4.84 Å². The summed E-state index contributed by atoms with van der Waals surface area (Å²) in [5, 5.41) is 2.04. The largest absolute Gasteiger partial charge is 0.265 e. The lowest BCUT2D eigenvalue weighted by Crippen LogP contribution is -2.45. The van der Waals surface area contributed by atoms with Crippen LogP contribution in [0.2, 0.25) is 0 Å². The molecular formula is C12H13NO. The normalized spacial score (nSPS) is 29.6. The summed E-state index contributed by atoms with van der Waals surface area (Å²) in [6.45, 7) is 0. The summed E-state index contributed by atoms with van der Waals surface area (Å²) in [6, 6.07) is 10.7. The van der Waals surface area contributed by atoms with Crippen LogP contribution in [0.3, 0.4) is 0 Å². The Morgan fingerprint density at radius 1 is 1.07 bits per heavy atom. The maximum atomic E-state index is 5.82. The molecule has 2 nitrogen and oxygen atoms in total. The van der Waals surface area contributed by atoms with Gasteiger partial charge in [-0.2, -0.15) is 0 Å². The quantitative estimate of drug-likeness (QED) is 0.626. The Hall–Kier alpha value is -1.28. The van der Waals surface area contributed by atoms with E-state index < -0.39 is 0 Å². The molecule has 14 heavy (non-hydrogen) atoms. The summed E-state index contributed by atoms with van der Waals surface area (Å²) in [7, 11) is 0. The second-order valence-electron chi connectivity index (χ2n) is 3.83. The van der Waals surface area contributed by atoms with Crippen molar-refractivity contribution in [3.05, 3.63) is 42.5 Å². The lowest BCUT2D eigenvalue weighted by atomic mass is 9.98. The molecule has 0 N–H and O–H groups in total. The van der Waals surface area contributed by atoms with Crippen LogP contribution in [0.4, 0.5) is 5.69 Å². The van der Waals surface area contributed by atoms with Crippen molar-refractivity contribution in [3.63, 3.8) is 0 Å². The van der Waals surface area contributed by atoms with Gasteiger partial charge in [0, 0.05) is 0 Å². The lowest BCUT2D eigenvalue weighted by molar-refractivity contribution is 0.00353. The van der Waals surface area contributed by atoms with Gasteiger partial charge in [0.2, 0.25) is 0 Å². The van der Waals surface area contributed by atoms with Crippen molar-refractivity contribution in [1.29, 1.82) is 0 Å². The van der Waals surface area contributed by atoms with Crippen molar-refractivity contribution in [2.24, 2.45) is 0 Å². The fourth-order valence-corrected chi connectivity index (χ4v) is 2.11. The molecule has 2 bridgehead atoms. The van der Waals surface area contributed by atoms with E-state index in [0.29, 0.717) is 12.1 Å². The fraction of sp³-hybridized carbons (Fsp3) is 0.333. The molecule has 1 aromatic rings. The van der Waals surface area contributed by atoms with E-state index in [1.54, 1.807) is 0 Å². The van der Waals surface area contributed by atoms with Crippen molar-refractivity contribution >= 4 is 5.69 Å². The van der Waals surface area contributed by atoms with E-state index in [-0.39, 0.29) is 0 Å². The molecule has 0 radical (unpaired) electrons. The van der Waals surface area contributed by atoms with Crippen LogP contribution >= 0.6 is 0 Å². The predicted molar refractivity (Wildman–Crippen MR) is 56.0 cm³/mol. The molecule has 1 aliphatic carbocycles. The Bertz CT molecular complexity index is 347. The van der Waals surface area contributed by atoms with Gasteiger partial charge in [0.15, 0.2) is 0 Å². The van der Waals surface area contributed by atoms with E-state index >= 15 is 0 Å². The van der Waals surface area contributed by atoms with E-state index in [4.69, 9.17) is 4.84 Å². The van der Waals surface area contributed by atoms with Gasteiger partial charge in [-0.1, -0.05) is 30.4 Å². The standard InChI is InChI=1S/C12H13NO/c1-2-4-10(5-3-1)13-11-6-8-12(14-13)9-7-11/h1-6,8,11-12H,7,9H2/t11-,12+/m1/s1. The number of anilines is 1. The summed E-state index contributed by atoms with van der Waals surface area (Å²) in [5.41, 5.74) is 1.16. The van der Waals surface area contributed by atoms with Gasteiger partial charge in [0.1, 0.15) is 6.10 Å². The van der Waals surface area contributed by atoms with E-state index in [2.05, 4.69) is 24.3 Å². The van der Waals surface area contributed by atoms with Crippen molar-refractivity contribution < 1.29 is 4.84 Å². The molecule has 1 aromatic carbocycles. The Morgan fingerprint density at radius 2 is 1.93 bits per heavy atom. The Labute approximate surface area is 83.7 Å². The summed E-state index contributed by atoms with van der Waals surface area (Å²) in [4.78, 5) is 5.82. The highest BCUT2D eigenvalue weighted by atomic mass is 16.7. The van der Waals surface area contributed by atoms with Gasteiger partial charge in [-0.05, 0) is 25.0 Å². The number of nitrogens with zero attached hydrogens (tertiary/aromatic N) is 1.